The molecule has 3 aliphatic rings. The van der Waals surface area contributed by atoms with Crippen LogP contribution >= 0.6 is 11.8 Å². The minimum atomic E-state index is -0.766. The zero-order chi connectivity index (χ0) is 28.5. The van der Waals surface area contributed by atoms with E-state index < -0.39 is 28.7 Å². The van der Waals surface area contributed by atoms with Crippen molar-refractivity contribution in [1.29, 1.82) is 0 Å². The summed E-state index contributed by atoms with van der Waals surface area (Å²) in [6.45, 7) is 14.7. The van der Waals surface area contributed by atoms with E-state index in [4.69, 9.17) is 0 Å². The zero-order valence-corrected chi connectivity index (χ0v) is 24.5. The van der Waals surface area contributed by atoms with E-state index in [1.807, 2.05) is 44.2 Å². The van der Waals surface area contributed by atoms with Gasteiger partial charge in [0.2, 0.25) is 17.7 Å². The van der Waals surface area contributed by atoms with Crippen molar-refractivity contribution in [3.63, 3.8) is 0 Å². The Hall–Kier alpha value is -2.58. The predicted molar refractivity (Wildman–Crippen MR) is 156 cm³/mol. The number of fused-ring (bicyclic) bond motifs is 1. The number of thioether (sulfide) groups is 1. The summed E-state index contributed by atoms with van der Waals surface area (Å²) in [5.41, 5.74) is 0.994. The Morgan fingerprint density at radius 3 is 2.46 bits per heavy atom. The lowest BCUT2D eigenvalue weighted by Gasteiger charge is -2.43. The molecule has 1 spiro atoms. The van der Waals surface area contributed by atoms with Gasteiger partial charge in [-0.1, -0.05) is 69.7 Å². The zero-order valence-electron chi connectivity index (χ0n) is 23.7. The van der Waals surface area contributed by atoms with Crippen LogP contribution in [0, 0.1) is 23.7 Å². The van der Waals surface area contributed by atoms with Crippen LogP contribution in [0.4, 0.5) is 0 Å². The standard InChI is InChI=1S/C31H43N3O4S/c1-7-15-32(6)28(36)25-24-17-21(5)31(39-24)26(25)29(37)34(23(19-35)20(4)9-3)27(31)30(38)33(16-8-2)18-22-13-11-10-12-14-22/h7-8,10-14,20-21,23-27,35H,1-2,9,15-19H2,3-6H3/t20-,21?,23-,24+,25-,26-,27?,31?/m0/s1. The van der Waals surface area contributed by atoms with Crippen LogP contribution in [0.25, 0.3) is 0 Å². The van der Waals surface area contributed by atoms with Gasteiger partial charge in [0.05, 0.1) is 29.2 Å². The molecular formula is C31H43N3O4S. The molecular weight excluding hydrogens is 510 g/mol. The van der Waals surface area contributed by atoms with Gasteiger partial charge in [0.25, 0.3) is 0 Å². The van der Waals surface area contributed by atoms with E-state index in [0.717, 1.165) is 18.4 Å². The van der Waals surface area contributed by atoms with Crippen LogP contribution in [0.5, 0.6) is 0 Å². The number of rotatable bonds is 12. The number of nitrogens with zero attached hydrogens (tertiary/aromatic N) is 3. The Morgan fingerprint density at radius 2 is 1.87 bits per heavy atom. The molecule has 7 nitrogen and oxygen atoms in total. The van der Waals surface area contributed by atoms with Crippen molar-refractivity contribution in [2.45, 2.75) is 62.2 Å². The number of benzene rings is 1. The Morgan fingerprint density at radius 1 is 1.21 bits per heavy atom. The fourth-order valence-electron chi connectivity index (χ4n) is 7.10. The molecule has 8 heteroatoms. The van der Waals surface area contributed by atoms with E-state index in [2.05, 4.69) is 20.1 Å². The molecule has 3 heterocycles. The monoisotopic (exact) mass is 553 g/mol. The van der Waals surface area contributed by atoms with Crippen molar-refractivity contribution in [3.8, 4) is 0 Å². The Kier molecular flexibility index (Phi) is 8.96. The van der Waals surface area contributed by atoms with E-state index in [1.165, 1.54) is 0 Å². The summed E-state index contributed by atoms with van der Waals surface area (Å²) in [5, 5.41) is 10.6. The lowest BCUT2D eigenvalue weighted by molar-refractivity contribution is -0.148. The first-order chi connectivity index (χ1) is 18.7. The first-order valence-electron chi connectivity index (χ1n) is 14.1. The van der Waals surface area contributed by atoms with Crippen molar-refractivity contribution >= 4 is 29.5 Å². The molecule has 1 N–H and O–H groups in total. The molecule has 0 aliphatic carbocycles. The van der Waals surface area contributed by atoms with Gasteiger partial charge in [0, 0.05) is 31.9 Å². The molecule has 3 saturated heterocycles. The lowest BCUT2D eigenvalue weighted by Crippen LogP contribution is -2.60. The number of hydrogen-bond donors (Lipinski definition) is 1. The van der Waals surface area contributed by atoms with Crippen LogP contribution in [0.2, 0.25) is 0 Å². The number of likely N-dealkylation sites (tertiary alicyclic amines) is 1. The highest BCUT2D eigenvalue weighted by molar-refractivity contribution is 8.02. The highest BCUT2D eigenvalue weighted by Gasteiger charge is 2.77. The van der Waals surface area contributed by atoms with Gasteiger partial charge in [0.1, 0.15) is 6.04 Å². The summed E-state index contributed by atoms with van der Waals surface area (Å²) in [7, 11) is 1.75. The van der Waals surface area contributed by atoms with Gasteiger partial charge in [-0.05, 0) is 23.8 Å². The third kappa shape index (κ3) is 4.84. The fourth-order valence-corrected chi connectivity index (χ4v) is 9.49. The summed E-state index contributed by atoms with van der Waals surface area (Å²) >= 11 is 1.67. The highest BCUT2D eigenvalue weighted by atomic mass is 32.2. The lowest BCUT2D eigenvalue weighted by atomic mass is 9.65. The van der Waals surface area contributed by atoms with Crippen LogP contribution in [-0.4, -0.2) is 86.4 Å². The summed E-state index contributed by atoms with van der Waals surface area (Å²) in [4.78, 5) is 48.0. The van der Waals surface area contributed by atoms with Gasteiger partial charge < -0.3 is 19.8 Å². The first kappa shape index (κ1) is 29.4. The molecule has 0 aromatic heterocycles. The van der Waals surface area contributed by atoms with Gasteiger partial charge >= 0.3 is 0 Å². The molecule has 0 saturated carbocycles. The maximum atomic E-state index is 14.7. The number of aliphatic hydroxyl groups excluding tert-OH is 1. The van der Waals surface area contributed by atoms with Gasteiger partial charge in [-0.3, -0.25) is 14.4 Å². The Balaban J connectivity index is 1.83. The molecule has 4 rings (SSSR count). The molecule has 8 atom stereocenters. The second kappa shape index (κ2) is 11.9. The van der Waals surface area contributed by atoms with Gasteiger partial charge in [-0.15, -0.1) is 24.9 Å². The van der Waals surface area contributed by atoms with Gasteiger partial charge in [0.15, 0.2) is 0 Å². The maximum absolute atomic E-state index is 14.7. The van der Waals surface area contributed by atoms with E-state index in [1.54, 1.807) is 45.7 Å². The molecule has 1 aromatic carbocycles. The summed E-state index contributed by atoms with van der Waals surface area (Å²) in [6.07, 6.45) is 4.93. The van der Waals surface area contributed by atoms with Crippen molar-refractivity contribution in [1.82, 2.24) is 14.7 Å². The molecule has 212 valence electrons. The van der Waals surface area contributed by atoms with E-state index in [9.17, 15) is 19.5 Å². The molecule has 3 amide bonds. The molecule has 1 aromatic rings. The van der Waals surface area contributed by atoms with Crippen molar-refractivity contribution < 1.29 is 19.5 Å². The number of hydrogen-bond acceptors (Lipinski definition) is 5. The van der Waals surface area contributed by atoms with E-state index in [-0.39, 0.29) is 41.4 Å². The smallest absolute Gasteiger partial charge is 0.247 e. The van der Waals surface area contributed by atoms with Crippen LogP contribution in [0.15, 0.2) is 55.6 Å². The van der Waals surface area contributed by atoms with Crippen LogP contribution in [0.1, 0.15) is 39.2 Å². The number of amides is 3. The van der Waals surface area contributed by atoms with E-state index >= 15 is 0 Å². The van der Waals surface area contributed by atoms with E-state index in [0.29, 0.717) is 19.6 Å². The normalized spacial score (nSPS) is 30.5. The quantitative estimate of drug-likeness (QED) is 0.400. The summed E-state index contributed by atoms with van der Waals surface area (Å²) < 4.78 is -0.731. The molecule has 3 aliphatic heterocycles. The fraction of sp³-hybridized carbons (Fsp3) is 0.581. The Bertz CT molecular complexity index is 1100. The van der Waals surface area contributed by atoms with Gasteiger partial charge in [-0.25, -0.2) is 0 Å². The minimum Gasteiger partial charge on any atom is -0.394 e. The average Bonchev–Trinajstić information content (AvgIpc) is 3.52. The molecule has 3 fully saturated rings. The maximum Gasteiger partial charge on any atom is 0.247 e. The first-order valence-corrected chi connectivity index (χ1v) is 15.0. The van der Waals surface area contributed by atoms with Crippen molar-refractivity contribution in [2.75, 3.05) is 26.7 Å². The molecule has 3 unspecified atom stereocenters. The summed E-state index contributed by atoms with van der Waals surface area (Å²) in [6, 6.07) is 8.54. The van der Waals surface area contributed by atoms with Gasteiger partial charge in [-0.2, -0.15) is 0 Å². The second-order valence-electron chi connectivity index (χ2n) is 11.4. The topological polar surface area (TPSA) is 81.2 Å². The van der Waals surface area contributed by atoms with Crippen LogP contribution < -0.4 is 0 Å². The Labute approximate surface area is 237 Å². The predicted octanol–water partition coefficient (Wildman–Crippen LogP) is 3.59. The SMILES string of the molecule is C=CCN(C)C(=O)[C@@H]1[C@H]2C(=O)N([C@@H](CO)[C@@H](C)CC)C(C(=O)N(CC=C)Cc3ccccc3)C23S[C@@H]1CC3C. The van der Waals surface area contributed by atoms with Crippen LogP contribution in [0.3, 0.4) is 0 Å². The minimum absolute atomic E-state index is 0.0125. The molecule has 0 radical (unpaired) electrons. The molecule has 2 bridgehead atoms. The number of likely N-dealkylation sites (N-methyl/N-ethyl adjacent to an activating group) is 1. The number of carbonyl (C=O) groups is 3. The van der Waals surface area contributed by atoms with Crippen molar-refractivity contribution in [3.05, 3.63) is 61.2 Å². The average molecular weight is 554 g/mol. The largest absolute Gasteiger partial charge is 0.394 e. The number of aliphatic hydroxyl groups is 1. The second-order valence-corrected chi connectivity index (χ2v) is 13.0. The third-order valence-electron chi connectivity index (χ3n) is 9.20. The van der Waals surface area contributed by atoms with Crippen LogP contribution in [-0.2, 0) is 20.9 Å². The third-order valence-corrected chi connectivity index (χ3v) is 11.3. The summed E-state index contributed by atoms with van der Waals surface area (Å²) in [5.74, 6) is -1.42. The highest BCUT2D eigenvalue weighted by Crippen LogP contribution is 2.69. The molecule has 39 heavy (non-hydrogen) atoms. The van der Waals surface area contributed by atoms with Crippen molar-refractivity contribution in [2.24, 2.45) is 23.7 Å². The number of carbonyl (C=O) groups excluding carboxylic acids is 3.